The van der Waals surface area contributed by atoms with Crippen LogP contribution in [0.5, 0.6) is 0 Å². The highest BCUT2D eigenvalue weighted by Gasteiger charge is 2.21. The standard InChI is InChI=1S/C13H14O3/c1-16-13(15)11-7-4-6-10-9(11)5-2-3-8-12(10)14/h4,6-7H,2-3,5,8H2,1H3. The molecule has 1 aliphatic rings. The quantitative estimate of drug-likeness (QED) is 0.537. The van der Waals surface area contributed by atoms with Gasteiger partial charge in [0, 0.05) is 12.0 Å². The topological polar surface area (TPSA) is 43.4 Å². The van der Waals surface area contributed by atoms with Crippen molar-refractivity contribution in [2.24, 2.45) is 0 Å². The molecule has 0 aliphatic heterocycles. The summed E-state index contributed by atoms with van der Waals surface area (Å²) in [5.41, 5.74) is 2.09. The smallest absolute Gasteiger partial charge is 0.338 e. The van der Waals surface area contributed by atoms with Crippen molar-refractivity contribution in [3.05, 3.63) is 34.9 Å². The van der Waals surface area contributed by atoms with Crippen molar-refractivity contribution < 1.29 is 14.3 Å². The summed E-state index contributed by atoms with van der Waals surface area (Å²) < 4.78 is 4.73. The molecule has 2 rings (SSSR count). The summed E-state index contributed by atoms with van der Waals surface area (Å²) in [4.78, 5) is 23.4. The Hall–Kier alpha value is -1.64. The van der Waals surface area contributed by atoms with E-state index in [9.17, 15) is 9.59 Å². The fourth-order valence-electron chi connectivity index (χ4n) is 2.14. The van der Waals surface area contributed by atoms with Crippen molar-refractivity contribution >= 4 is 11.8 Å². The minimum atomic E-state index is -0.355. The van der Waals surface area contributed by atoms with Gasteiger partial charge in [-0.1, -0.05) is 12.1 Å². The summed E-state index contributed by atoms with van der Waals surface area (Å²) in [6, 6.07) is 5.27. The number of rotatable bonds is 1. The fraction of sp³-hybridized carbons (Fsp3) is 0.385. The number of methoxy groups -OCH3 is 1. The first-order valence-electron chi connectivity index (χ1n) is 5.47. The predicted molar refractivity (Wildman–Crippen MR) is 59.7 cm³/mol. The molecule has 0 spiro atoms. The maximum atomic E-state index is 11.8. The second-order valence-corrected chi connectivity index (χ2v) is 3.95. The van der Waals surface area contributed by atoms with Crippen LogP contribution in [0.15, 0.2) is 18.2 Å². The molecule has 0 amide bonds. The molecule has 0 N–H and O–H groups in total. The molecule has 0 saturated heterocycles. The maximum absolute atomic E-state index is 11.8. The van der Waals surface area contributed by atoms with Crippen molar-refractivity contribution in [2.75, 3.05) is 7.11 Å². The van der Waals surface area contributed by atoms with Gasteiger partial charge in [-0.3, -0.25) is 4.79 Å². The van der Waals surface area contributed by atoms with E-state index in [-0.39, 0.29) is 11.8 Å². The van der Waals surface area contributed by atoms with Crippen LogP contribution < -0.4 is 0 Å². The Morgan fingerprint density at radius 2 is 2.00 bits per heavy atom. The van der Waals surface area contributed by atoms with Gasteiger partial charge < -0.3 is 4.74 Å². The van der Waals surface area contributed by atoms with E-state index in [1.165, 1.54) is 7.11 Å². The Balaban J connectivity index is 2.53. The molecule has 0 aromatic heterocycles. The Labute approximate surface area is 94.4 Å². The number of carbonyl (C=O) groups is 2. The van der Waals surface area contributed by atoms with Crippen LogP contribution in [0.2, 0.25) is 0 Å². The Morgan fingerprint density at radius 1 is 1.25 bits per heavy atom. The zero-order valence-corrected chi connectivity index (χ0v) is 9.29. The highest BCUT2D eigenvalue weighted by atomic mass is 16.5. The first kappa shape index (κ1) is 10.9. The van der Waals surface area contributed by atoms with Crippen LogP contribution in [0.4, 0.5) is 0 Å². The number of ketones is 1. The molecule has 3 heteroatoms. The molecule has 1 aromatic carbocycles. The lowest BCUT2D eigenvalue weighted by Crippen LogP contribution is -2.09. The number of ether oxygens (including phenoxy) is 1. The predicted octanol–water partition coefficient (Wildman–Crippen LogP) is 2.38. The van der Waals surface area contributed by atoms with Crippen LogP contribution in [0, 0.1) is 0 Å². The second kappa shape index (κ2) is 4.47. The number of esters is 1. The Bertz CT molecular complexity index is 435. The van der Waals surface area contributed by atoms with E-state index in [4.69, 9.17) is 4.74 Å². The summed E-state index contributed by atoms with van der Waals surface area (Å²) in [5, 5.41) is 0. The van der Waals surface area contributed by atoms with Gasteiger partial charge in [0.15, 0.2) is 5.78 Å². The van der Waals surface area contributed by atoms with E-state index in [1.54, 1.807) is 18.2 Å². The lowest BCUT2D eigenvalue weighted by molar-refractivity contribution is 0.0599. The van der Waals surface area contributed by atoms with Crippen molar-refractivity contribution in [3.8, 4) is 0 Å². The lowest BCUT2D eigenvalue weighted by Gasteiger charge is -2.09. The van der Waals surface area contributed by atoms with Crippen LogP contribution in [-0.4, -0.2) is 18.9 Å². The van der Waals surface area contributed by atoms with E-state index < -0.39 is 0 Å². The van der Waals surface area contributed by atoms with Gasteiger partial charge in [-0.05, 0) is 30.9 Å². The van der Waals surface area contributed by atoms with E-state index >= 15 is 0 Å². The van der Waals surface area contributed by atoms with Gasteiger partial charge in [-0.15, -0.1) is 0 Å². The van der Waals surface area contributed by atoms with E-state index in [1.807, 2.05) is 0 Å². The normalized spacial score (nSPS) is 15.2. The maximum Gasteiger partial charge on any atom is 0.338 e. The number of fused-ring (bicyclic) bond motifs is 1. The SMILES string of the molecule is COC(=O)c1cccc2c1CCCCC2=O. The first-order valence-corrected chi connectivity index (χ1v) is 5.47. The van der Waals surface area contributed by atoms with Crippen molar-refractivity contribution in [3.63, 3.8) is 0 Å². The molecule has 0 fully saturated rings. The van der Waals surface area contributed by atoms with Gasteiger partial charge >= 0.3 is 5.97 Å². The molecule has 0 heterocycles. The second-order valence-electron chi connectivity index (χ2n) is 3.95. The fourth-order valence-corrected chi connectivity index (χ4v) is 2.14. The van der Waals surface area contributed by atoms with Gasteiger partial charge in [0.25, 0.3) is 0 Å². The molecule has 1 aliphatic carbocycles. The van der Waals surface area contributed by atoms with Crippen molar-refractivity contribution in [1.82, 2.24) is 0 Å². The molecular formula is C13H14O3. The van der Waals surface area contributed by atoms with E-state index in [0.29, 0.717) is 17.5 Å². The average molecular weight is 218 g/mol. The molecule has 84 valence electrons. The van der Waals surface area contributed by atoms with Crippen molar-refractivity contribution in [1.29, 1.82) is 0 Å². The number of carbonyl (C=O) groups excluding carboxylic acids is 2. The minimum Gasteiger partial charge on any atom is -0.465 e. The van der Waals surface area contributed by atoms with Crippen LogP contribution >= 0.6 is 0 Å². The molecule has 1 aromatic rings. The molecule has 0 radical (unpaired) electrons. The van der Waals surface area contributed by atoms with Gasteiger partial charge in [-0.25, -0.2) is 4.79 Å². The third-order valence-corrected chi connectivity index (χ3v) is 2.96. The molecule has 16 heavy (non-hydrogen) atoms. The number of hydrogen-bond acceptors (Lipinski definition) is 3. The zero-order chi connectivity index (χ0) is 11.5. The monoisotopic (exact) mass is 218 g/mol. The van der Waals surface area contributed by atoms with E-state index in [2.05, 4.69) is 0 Å². The van der Waals surface area contributed by atoms with Crippen molar-refractivity contribution in [2.45, 2.75) is 25.7 Å². The molecule has 3 nitrogen and oxygen atoms in total. The highest BCUT2D eigenvalue weighted by molar-refractivity contribution is 6.01. The zero-order valence-electron chi connectivity index (χ0n) is 9.29. The summed E-state index contributed by atoms with van der Waals surface area (Å²) in [5.74, 6) is -0.218. The molecule has 0 bridgehead atoms. The lowest BCUT2D eigenvalue weighted by atomic mass is 9.96. The van der Waals surface area contributed by atoms with E-state index in [0.717, 1.165) is 24.8 Å². The number of Topliss-reactive ketones (excluding diaryl/α,β-unsaturated/α-hetero) is 1. The van der Waals surface area contributed by atoms with Gasteiger partial charge in [-0.2, -0.15) is 0 Å². The summed E-state index contributed by atoms with van der Waals surface area (Å²) >= 11 is 0. The number of benzene rings is 1. The molecular weight excluding hydrogens is 204 g/mol. The summed E-state index contributed by atoms with van der Waals surface area (Å²) in [6.07, 6.45) is 3.21. The molecule has 0 atom stereocenters. The summed E-state index contributed by atoms with van der Waals surface area (Å²) in [7, 11) is 1.36. The molecule has 0 saturated carbocycles. The average Bonchev–Trinajstić information content (AvgIpc) is 2.50. The summed E-state index contributed by atoms with van der Waals surface area (Å²) in [6.45, 7) is 0. The van der Waals surface area contributed by atoms with Crippen LogP contribution in [0.1, 0.15) is 45.5 Å². The Morgan fingerprint density at radius 3 is 2.75 bits per heavy atom. The van der Waals surface area contributed by atoms with Gasteiger partial charge in [0.2, 0.25) is 0 Å². The van der Waals surface area contributed by atoms with Crippen LogP contribution in [0.3, 0.4) is 0 Å². The Kier molecular flexibility index (Phi) is 3.04. The molecule has 0 unspecified atom stereocenters. The highest BCUT2D eigenvalue weighted by Crippen LogP contribution is 2.24. The van der Waals surface area contributed by atoms with Crippen LogP contribution in [-0.2, 0) is 11.2 Å². The third kappa shape index (κ3) is 1.85. The first-order chi connectivity index (χ1) is 7.74. The number of hydrogen-bond donors (Lipinski definition) is 0. The van der Waals surface area contributed by atoms with Crippen LogP contribution in [0.25, 0.3) is 0 Å². The minimum absolute atomic E-state index is 0.137. The third-order valence-electron chi connectivity index (χ3n) is 2.96. The van der Waals surface area contributed by atoms with Gasteiger partial charge in [0.1, 0.15) is 0 Å². The largest absolute Gasteiger partial charge is 0.465 e. The van der Waals surface area contributed by atoms with Gasteiger partial charge in [0.05, 0.1) is 12.7 Å².